The van der Waals surface area contributed by atoms with Crippen LogP contribution >= 0.6 is 27.5 Å². The Morgan fingerprint density at radius 2 is 2.00 bits per heavy atom. The highest BCUT2D eigenvalue weighted by molar-refractivity contribution is 9.10. The SMILES string of the molecule is CN1CCN(C(C#N)c2ccc(Br)c(Cl)c2)CC1. The van der Waals surface area contributed by atoms with Crippen molar-refractivity contribution < 1.29 is 0 Å². The molecule has 1 heterocycles. The Hall–Kier alpha value is -0.600. The normalized spacial score (nSPS) is 19.4. The molecule has 1 atom stereocenters. The van der Waals surface area contributed by atoms with Gasteiger partial charge >= 0.3 is 0 Å². The molecule has 1 fully saturated rings. The second kappa shape index (κ2) is 6.03. The Balaban J connectivity index is 2.18. The molecular weight excluding hydrogens is 314 g/mol. The molecule has 0 N–H and O–H groups in total. The molecule has 1 aliphatic heterocycles. The highest BCUT2D eigenvalue weighted by Crippen LogP contribution is 2.28. The van der Waals surface area contributed by atoms with Crippen molar-refractivity contribution in [3.8, 4) is 6.07 Å². The molecule has 0 aliphatic carbocycles. The van der Waals surface area contributed by atoms with E-state index in [4.69, 9.17) is 11.6 Å². The fourth-order valence-electron chi connectivity index (χ4n) is 2.13. The van der Waals surface area contributed by atoms with Crippen LogP contribution in [0.2, 0.25) is 5.02 Å². The summed E-state index contributed by atoms with van der Waals surface area (Å²) < 4.78 is 0.864. The average Bonchev–Trinajstić information content (AvgIpc) is 2.37. The van der Waals surface area contributed by atoms with Gasteiger partial charge in [-0.25, -0.2) is 0 Å². The van der Waals surface area contributed by atoms with Crippen molar-refractivity contribution in [3.63, 3.8) is 0 Å². The second-order valence-electron chi connectivity index (χ2n) is 4.54. The minimum atomic E-state index is -0.204. The average molecular weight is 329 g/mol. The van der Waals surface area contributed by atoms with Gasteiger partial charge in [0.25, 0.3) is 0 Å². The zero-order chi connectivity index (χ0) is 13.1. The minimum Gasteiger partial charge on any atom is -0.304 e. The highest BCUT2D eigenvalue weighted by atomic mass is 79.9. The smallest absolute Gasteiger partial charge is 0.124 e. The van der Waals surface area contributed by atoms with Gasteiger partial charge < -0.3 is 4.90 Å². The molecule has 2 rings (SSSR count). The molecule has 3 nitrogen and oxygen atoms in total. The maximum Gasteiger partial charge on any atom is 0.124 e. The van der Waals surface area contributed by atoms with E-state index in [-0.39, 0.29) is 6.04 Å². The molecule has 0 saturated carbocycles. The van der Waals surface area contributed by atoms with Crippen LogP contribution in [0.1, 0.15) is 11.6 Å². The fraction of sp³-hybridized carbons (Fsp3) is 0.462. The van der Waals surface area contributed by atoms with E-state index in [0.717, 1.165) is 36.2 Å². The lowest BCUT2D eigenvalue weighted by molar-refractivity contribution is 0.133. The summed E-state index contributed by atoms with van der Waals surface area (Å²) >= 11 is 9.46. The number of hydrogen-bond acceptors (Lipinski definition) is 3. The van der Waals surface area contributed by atoms with Gasteiger partial charge in [-0.1, -0.05) is 17.7 Å². The Morgan fingerprint density at radius 1 is 1.33 bits per heavy atom. The van der Waals surface area contributed by atoms with Crippen LogP contribution in [0.3, 0.4) is 0 Å². The first-order valence-corrected chi connectivity index (χ1v) is 7.06. The molecule has 0 spiro atoms. The molecule has 1 saturated heterocycles. The van der Waals surface area contributed by atoms with Gasteiger partial charge in [-0.15, -0.1) is 0 Å². The highest BCUT2D eigenvalue weighted by Gasteiger charge is 2.23. The summed E-state index contributed by atoms with van der Waals surface area (Å²) in [4.78, 5) is 4.49. The number of piperazine rings is 1. The van der Waals surface area contributed by atoms with Gasteiger partial charge in [-0.05, 0) is 40.7 Å². The maximum atomic E-state index is 9.40. The van der Waals surface area contributed by atoms with Crippen molar-refractivity contribution in [2.45, 2.75) is 6.04 Å². The van der Waals surface area contributed by atoms with Crippen molar-refractivity contribution in [1.82, 2.24) is 9.80 Å². The molecule has 1 aliphatic rings. The summed E-state index contributed by atoms with van der Waals surface area (Å²) in [6, 6.07) is 7.91. The van der Waals surface area contributed by atoms with Crippen LogP contribution in [-0.4, -0.2) is 43.0 Å². The van der Waals surface area contributed by atoms with E-state index < -0.39 is 0 Å². The van der Waals surface area contributed by atoms with Crippen LogP contribution in [0.5, 0.6) is 0 Å². The van der Waals surface area contributed by atoms with E-state index in [9.17, 15) is 5.26 Å². The third-order valence-electron chi connectivity index (χ3n) is 3.28. The van der Waals surface area contributed by atoms with Crippen molar-refractivity contribution in [3.05, 3.63) is 33.3 Å². The molecule has 0 aromatic heterocycles. The largest absolute Gasteiger partial charge is 0.304 e. The van der Waals surface area contributed by atoms with Crippen LogP contribution < -0.4 is 0 Å². The molecule has 1 aromatic carbocycles. The Kier molecular flexibility index (Phi) is 4.63. The molecule has 5 heteroatoms. The predicted molar refractivity (Wildman–Crippen MR) is 76.6 cm³/mol. The van der Waals surface area contributed by atoms with Crippen molar-refractivity contribution in [2.24, 2.45) is 0 Å². The summed E-state index contributed by atoms with van der Waals surface area (Å²) in [5.74, 6) is 0. The molecule has 1 aromatic rings. The monoisotopic (exact) mass is 327 g/mol. The van der Waals surface area contributed by atoms with Crippen molar-refractivity contribution in [1.29, 1.82) is 5.26 Å². The van der Waals surface area contributed by atoms with E-state index in [0.29, 0.717) is 5.02 Å². The molecule has 1 unspecified atom stereocenters. The first kappa shape index (κ1) is 13.8. The zero-order valence-electron chi connectivity index (χ0n) is 10.2. The second-order valence-corrected chi connectivity index (χ2v) is 5.81. The molecule has 18 heavy (non-hydrogen) atoms. The van der Waals surface area contributed by atoms with E-state index in [1.807, 2.05) is 18.2 Å². The lowest BCUT2D eigenvalue weighted by atomic mass is 10.1. The Bertz CT molecular complexity index is 464. The number of nitrogens with zero attached hydrogens (tertiary/aromatic N) is 3. The van der Waals surface area contributed by atoms with Gasteiger partial charge in [-0.2, -0.15) is 5.26 Å². The quantitative estimate of drug-likeness (QED) is 0.836. The van der Waals surface area contributed by atoms with Crippen LogP contribution in [-0.2, 0) is 0 Å². The Morgan fingerprint density at radius 3 is 2.56 bits per heavy atom. The van der Waals surface area contributed by atoms with Gasteiger partial charge in [0.1, 0.15) is 6.04 Å². The van der Waals surface area contributed by atoms with Gasteiger partial charge in [0.2, 0.25) is 0 Å². The molecule has 0 bridgehead atoms. The topological polar surface area (TPSA) is 30.3 Å². The van der Waals surface area contributed by atoms with Crippen molar-refractivity contribution >= 4 is 27.5 Å². The van der Waals surface area contributed by atoms with Crippen LogP contribution in [0.25, 0.3) is 0 Å². The predicted octanol–water partition coefficient (Wildman–Crippen LogP) is 2.91. The fourth-order valence-corrected chi connectivity index (χ4v) is 2.57. The molecular formula is C13H15BrClN3. The first-order valence-electron chi connectivity index (χ1n) is 5.89. The summed E-state index contributed by atoms with van der Waals surface area (Å²) in [5.41, 5.74) is 0.968. The van der Waals surface area contributed by atoms with E-state index in [2.05, 4.69) is 38.8 Å². The first-order chi connectivity index (χ1) is 8.61. The summed E-state index contributed by atoms with van der Waals surface area (Å²) in [5, 5.41) is 10.1. The van der Waals surface area contributed by atoms with Crippen LogP contribution in [0.4, 0.5) is 0 Å². The molecule has 0 radical (unpaired) electrons. The zero-order valence-corrected chi connectivity index (χ0v) is 12.6. The standard InChI is InChI=1S/C13H15BrClN3/c1-17-4-6-18(7-5-17)13(9-16)10-2-3-11(14)12(15)8-10/h2-3,8,13H,4-7H2,1H3. The van der Waals surface area contributed by atoms with E-state index >= 15 is 0 Å². The van der Waals surface area contributed by atoms with Crippen LogP contribution in [0, 0.1) is 11.3 Å². The van der Waals surface area contributed by atoms with Gasteiger partial charge in [-0.3, -0.25) is 4.90 Å². The third-order valence-corrected chi connectivity index (χ3v) is 4.52. The maximum absolute atomic E-state index is 9.40. The van der Waals surface area contributed by atoms with Gasteiger partial charge in [0, 0.05) is 30.7 Å². The molecule has 0 amide bonds. The van der Waals surface area contributed by atoms with E-state index in [1.165, 1.54) is 0 Å². The summed E-state index contributed by atoms with van der Waals surface area (Å²) in [7, 11) is 2.11. The number of halogens is 2. The Labute approximate surface area is 121 Å². The molecule has 96 valence electrons. The number of nitriles is 1. The number of hydrogen-bond donors (Lipinski definition) is 0. The summed E-state index contributed by atoms with van der Waals surface area (Å²) in [6.45, 7) is 3.84. The lowest BCUT2D eigenvalue weighted by Gasteiger charge is -2.35. The van der Waals surface area contributed by atoms with Crippen molar-refractivity contribution in [2.75, 3.05) is 33.2 Å². The number of rotatable bonds is 2. The number of benzene rings is 1. The summed E-state index contributed by atoms with van der Waals surface area (Å²) in [6.07, 6.45) is 0. The van der Waals surface area contributed by atoms with E-state index in [1.54, 1.807) is 0 Å². The van der Waals surface area contributed by atoms with Crippen LogP contribution in [0.15, 0.2) is 22.7 Å². The number of likely N-dealkylation sites (N-methyl/N-ethyl adjacent to an activating group) is 1. The minimum absolute atomic E-state index is 0.204. The lowest BCUT2D eigenvalue weighted by Crippen LogP contribution is -2.45. The third kappa shape index (κ3) is 3.04. The van der Waals surface area contributed by atoms with Gasteiger partial charge in [0.15, 0.2) is 0 Å². The van der Waals surface area contributed by atoms with Gasteiger partial charge in [0.05, 0.1) is 11.1 Å².